The van der Waals surface area contributed by atoms with Gasteiger partial charge in [-0.05, 0) is 30.0 Å². The van der Waals surface area contributed by atoms with E-state index in [1.165, 1.54) is 11.1 Å². The molecule has 1 aromatic carbocycles. The predicted octanol–water partition coefficient (Wildman–Crippen LogP) is 3.04. The second-order valence-corrected chi connectivity index (χ2v) is 5.61. The lowest BCUT2D eigenvalue weighted by atomic mass is 9.74. The molecule has 0 bridgehead atoms. The molecule has 3 heteroatoms. The van der Waals surface area contributed by atoms with Crippen LogP contribution in [0.4, 0.5) is 5.95 Å². The zero-order chi connectivity index (χ0) is 13.4. The normalized spacial score (nSPS) is 19.3. The first kappa shape index (κ1) is 11.6. The maximum Gasteiger partial charge on any atom is 0.225 e. The molecule has 4 rings (SSSR count). The number of rotatable bonds is 1. The number of allylic oxidation sites excluding steroid dienone is 1. The lowest BCUT2D eigenvalue weighted by Crippen LogP contribution is -2.41. The van der Waals surface area contributed by atoms with Crippen LogP contribution < -0.4 is 4.90 Å². The summed E-state index contributed by atoms with van der Waals surface area (Å²) in [5, 5.41) is 0. The molecule has 1 aliphatic heterocycles. The van der Waals surface area contributed by atoms with Crippen molar-refractivity contribution in [2.75, 3.05) is 18.0 Å². The molecule has 3 nitrogen and oxygen atoms in total. The summed E-state index contributed by atoms with van der Waals surface area (Å²) in [6, 6.07) is 10.6. The minimum absolute atomic E-state index is 0.238. The van der Waals surface area contributed by atoms with E-state index in [4.69, 9.17) is 0 Å². The molecule has 20 heavy (non-hydrogen) atoms. The smallest absolute Gasteiger partial charge is 0.225 e. The van der Waals surface area contributed by atoms with Crippen molar-refractivity contribution >= 4 is 12.0 Å². The van der Waals surface area contributed by atoms with Crippen LogP contribution in [0.2, 0.25) is 0 Å². The second kappa shape index (κ2) is 4.44. The Morgan fingerprint density at radius 1 is 0.950 bits per heavy atom. The number of fused-ring (bicyclic) bond motifs is 2. The average Bonchev–Trinajstić information content (AvgIpc) is 2.88. The summed E-state index contributed by atoms with van der Waals surface area (Å²) in [7, 11) is 0. The van der Waals surface area contributed by atoms with E-state index < -0.39 is 0 Å². The van der Waals surface area contributed by atoms with E-state index in [1.807, 2.05) is 18.5 Å². The minimum Gasteiger partial charge on any atom is -0.341 e. The van der Waals surface area contributed by atoms with Gasteiger partial charge in [-0.25, -0.2) is 9.97 Å². The molecule has 0 amide bonds. The van der Waals surface area contributed by atoms with Gasteiger partial charge in [0.1, 0.15) is 0 Å². The summed E-state index contributed by atoms with van der Waals surface area (Å²) >= 11 is 0. The zero-order valence-electron chi connectivity index (χ0n) is 11.4. The van der Waals surface area contributed by atoms with Gasteiger partial charge in [0, 0.05) is 30.9 Å². The van der Waals surface area contributed by atoms with E-state index in [2.05, 4.69) is 51.3 Å². The van der Waals surface area contributed by atoms with Crippen molar-refractivity contribution in [3.8, 4) is 0 Å². The van der Waals surface area contributed by atoms with Crippen LogP contribution in [0.15, 0.2) is 48.8 Å². The van der Waals surface area contributed by atoms with Gasteiger partial charge >= 0.3 is 0 Å². The third kappa shape index (κ3) is 1.73. The van der Waals surface area contributed by atoms with Gasteiger partial charge < -0.3 is 4.90 Å². The Labute approximate surface area is 119 Å². The summed E-state index contributed by atoms with van der Waals surface area (Å²) in [6.07, 6.45) is 10.6. The van der Waals surface area contributed by atoms with E-state index in [-0.39, 0.29) is 5.41 Å². The fraction of sp³-hybridized carbons (Fsp3) is 0.294. The van der Waals surface area contributed by atoms with Gasteiger partial charge in [-0.3, -0.25) is 0 Å². The van der Waals surface area contributed by atoms with Crippen LogP contribution in [0, 0.1) is 0 Å². The Bertz CT molecular complexity index is 640. The molecule has 1 spiro atoms. The molecule has 1 aliphatic carbocycles. The van der Waals surface area contributed by atoms with Gasteiger partial charge in [0.2, 0.25) is 5.95 Å². The Morgan fingerprint density at radius 2 is 1.70 bits per heavy atom. The average molecular weight is 263 g/mol. The molecule has 2 heterocycles. The number of piperidine rings is 1. The first-order valence-electron chi connectivity index (χ1n) is 7.18. The number of hydrogen-bond donors (Lipinski definition) is 0. The molecule has 1 saturated heterocycles. The van der Waals surface area contributed by atoms with Crippen molar-refractivity contribution in [2.45, 2.75) is 18.3 Å². The summed E-state index contributed by atoms with van der Waals surface area (Å²) in [6.45, 7) is 2.03. The molecular weight excluding hydrogens is 246 g/mol. The zero-order valence-corrected chi connectivity index (χ0v) is 11.4. The van der Waals surface area contributed by atoms with E-state index >= 15 is 0 Å². The second-order valence-electron chi connectivity index (χ2n) is 5.61. The Kier molecular flexibility index (Phi) is 2.59. The lowest BCUT2D eigenvalue weighted by molar-refractivity contribution is 0.408. The Hall–Kier alpha value is -2.16. The molecule has 100 valence electrons. The molecule has 0 unspecified atom stereocenters. The third-order valence-corrected chi connectivity index (χ3v) is 4.57. The SMILES string of the molecule is C1=CC2(CCN(c3ncccn3)CC2)c2ccccc21. The van der Waals surface area contributed by atoms with Gasteiger partial charge in [0.15, 0.2) is 0 Å². The van der Waals surface area contributed by atoms with Gasteiger partial charge in [-0.15, -0.1) is 0 Å². The third-order valence-electron chi connectivity index (χ3n) is 4.57. The highest BCUT2D eigenvalue weighted by Gasteiger charge is 2.38. The van der Waals surface area contributed by atoms with Gasteiger partial charge in [-0.1, -0.05) is 36.4 Å². The monoisotopic (exact) mass is 263 g/mol. The predicted molar refractivity (Wildman–Crippen MR) is 80.6 cm³/mol. The maximum absolute atomic E-state index is 4.36. The molecule has 2 aliphatic rings. The fourth-order valence-corrected chi connectivity index (χ4v) is 3.43. The number of benzene rings is 1. The van der Waals surface area contributed by atoms with Crippen molar-refractivity contribution in [3.05, 3.63) is 59.9 Å². The van der Waals surface area contributed by atoms with Crippen molar-refractivity contribution in [1.29, 1.82) is 0 Å². The van der Waals surface area contributed by atoms with E-state index in [9.17, 15) is 0 Å². The van der Waals surface area contributed by atoms with Gasteiger partial charge in [0.05, 0.1) is 0 Å². The molecule has 0 N–H and O–H groups in total. The first-order valence-corrected chi connectivity index (χ1v) is 7.18. The summed E-state index contributed by atoms with van der Waals surface area (Å²) in [4.78, 5) is 11.0. The molecule has 0 saturated carbocycles. The van der Waals surface area contributed by atoms with Crippen LogP contribution in [-0.2, 0) is 5.41 Å². The minimum atomic E-state index is 0.238. The lowest BCUT2D eigenvalue weighted by Gasteiger charge is -2.39. The van der Waals surface area contributed by atoms with Crippen LogP contribution in [-0.4, -0.2) is 23.1 Å². The van der Waals surface area contributed by atoms with Crippen LogP contribution in [0.5, 0.6) is 0 Å². The Balaban J connectivity index is 1.58. The molecule has 1 aromatic heterocycles. The molecule has 0 radical (unpaired) electrons. The molecule has 0 atom stereocenters. The van der Waals surface area contributed by atoms with Crippen LogP contribution in [0.25, 0.3) is 6.08 Å². The molecule has 1 fully saturated rings. The highest BCUT2D eigenvalue weighted by Crippen LogP contribution is 2.43. The van der Waals surface area contributed by atoms with Crippen molar-refractivity contribution in [2.24, 2.45) is 0 Å². The first-order chi connectivity index (χ1) is 9.87. The number of nitrogens with zero attached hydrogens (tertiary/aromatic N) is 3. The van der Waals surface area contributed by atoms with E-state index in [0.29, 0.717) is 0 Å². The van der Waals surface area contributed by atoms with Gasteiger partial charge in [-0.2, -0.15) is 0 Å². The van der Waals surface area contributed by atoms with Crippen LogP contribution >= 0.6 is 0 Å². The largest absolute Gasteiger partial charge is 0.341 e. The number of anilines is 1. The van der Waals surface area contributed by atoms with Crippen molar-refractivity contribution in [3.63, 3.8) is 0 Å². The summed E-state index contributed by atoms with van der Waals surface area (Å²) < 4.78 is 0. The molecular formula is C17H17N3. The highest BCUT2D eigenvalue weighted by atomic mass is 15.2. The van der Waals surface area contributed by atoms with Crippen molar-refractivity contribution < 1.29 is 0 Å². The van der Waals surface area contributed by atoms with Crippen LogP contribution in [0.1, 0.15) is 24.0 Å². The fourth-order valence-electron chi connectivity index (χ4n) is 3.43. The van der Waals surface area contributed by atoms with Crippen LogP contribution in [0.3, 0.4) is 0 Å². The topological polar surface area (TPSA) is 29.0 Å². The van der Waals surface area contributed by atoms with Crippen molar-refractivity contribution in [1.82, 2.24) is 9.97 Å². The standard InChI is InChI=1S/C17H17N3/c1-2-5-15-14(4-1)6-7-17(15)8-12-20(13-9-17)16-18-10-3-11-19-16/h1-7,10-11H,8-9,12-13H2. The maximum atomic E-state index is 4.36. The highest BCUT2D eigenvalue weighted by molar-refractivity contribution is 5.65. The Morgan fingerprint density at radius 3 is 2.50 bits per heavy atom. The summed E-state index contributed by atoms with van der Waals surface area (Å²) in [5.41, 5.74) is 3.12. The van der Waals surface area contributed by atoms with E-state index in [1.54, 1.807) is 0 Å². The van der Waals surface area contributed by atoms with E-state index in [0.717, 1.165) is 31.9 Å². The quantitative estimate of drug-likeness (QED) is 0.792. The number of aromatic nitrogens is 2. The summed E-state index contributed by atoms with van der Waals surface area (Å²) in [5.74, 6) is 0.859. The number of hydrogen-bond acceptors (Lipinski definition) is 3. The molecule has 2 aromatic rings. The van der Waals surface area contributed by atoms with Gasteiger partial charge in [0.25, 0.3) is 0 Å².